The van der Waals surface area contributed by atoms with Crippen molar-refractivity contribution in [3.63, 3.8) is 0 Å². The Bertz CT molecular complexity index is 87.1. The summed E-state index contributed by atoms with van der Waals surface area (Å²) in [5.41, 5.74) is 0. The molecule has 1 heterocycles. The molecule has 0 bridgehead atoms. The molecule has 1 atom stereocenters. The molecule has 3 heteroatoms. The molecular formula is C6H13NOS. The molecule has 1 N–H and O–H groups in total. The maximum Gasteiger partial charge on any atom is 0.0689 e. The average Bonchev–Trinajstić information content (AvgIpc) is 2.17. The smallest absolute Gasteiger partial charge is 0.0689 e. The molecule has 0 radical (unpaired) electrons. The van der Waals surface area contributed by atoms with Crippen LogP contribution >= 0.6 is 11.9 Å². The van der Waals surface area contributed by atoms with E-state index in [9.17, 15) is 0 Å². The van der Waals surface area contributed by atoms with Crippen LogP contribution in [0.25, 0.3) is 0 Å². The number of hydrogen-bond acceptors (Lipinski definition) is 3. The summed E-state index contributed by atoms with van der Waals surface area (Å²) in [6.45, 7) is 4.05. The third-order valence-electron chi connectivity index (χ3n) is 1.44. The molecular weight excluding hydrogens is 134 g/mol. The largest absolute Gasteiger partial charge is 0.392 e. The minimum absolute atomic E-state index is 0.0657. The van der Waals surface area contributed by atoms with E-state index in [0.717, 1.165) is 25.3 Å². The Morgan fingerprint density at radius 3 is 3.00 bits per heavy atom. The van der Waals surface area contributed by atoms with Gasteiger partial charge in [-0.15, -0.1) is 0 Å². The fourth-order valence-electron chi connectivity index (χ4n) is 1.01. The maximum atomic E-state index is 9.07. The lowest BCUT2D eigenvalue weighted by Crippen LogP contribution is -2.14. The summed E-state index contributed by atoms with van der Waals surface area (Å²) in [5, 5.41) is 9.07. The van der Waals surface area contributed by atoms with E-state index < -0.39 is 0 Å². The predicted molar refractivity (Wildman–Crippen MR) is 40.3 cm³/mol. The van der Waals surface area contributed by atoms with E-state index >= 15 is 0 Å². The summed E-state index contributed by atoms with van der Waals surface area (Å²) in [7, 11) is 0. The van der Waals surface area contributed by atoms with Crippen molar-refractivity contribution in [2.45, 2.75) is 19.4 Å². The topological polar surface area (TPSA) is 23.5 Å². The van der Waals surface area contributed by atoms with Gasteiger partial charge in [0, 0.05) is 18.8 Å². The normalized spacial score (nSPS) is 29.3. The molecule has 0 spiro atoms. The van der Waals surface area contributed by atoms with Crippen molar-refractivity contribution in [1.82, 2.24) is 4.31 Å². The van der Waals surface area contributed by atoms with Crippen molar-refractivity contribution in [2.24, 2.45) is 0 Å². The Morgan fingerprint density at radius 2 is 2.56 bits per heavy atom. The number of nitrogens with zero attached hydrogens (tertiary/aromatic N) is 1. The fraction of sp³-hybridized carbons (Fsp3) is 1.00. The zero-order valence-corrected chi connectivity index (χ0v) is 6.52. The van der Waals surface area contributed by atoms with Crippen molar-refractivity contribution in [3.8, 4) is 0 Å². The van der Waals surface area contributed by atoms with Gasteiger partial charge in [-0.2, -0.15) is 0 Å². The minimum atomic E-state index is -0.0657. The molecule has 1 unspecified atom stereocenters. The molecule has 0 aromatic carbocycles. The highest BCUT2D eigenvalue weighted by atomic mass is 32.2. The van der Waals surface area contributed by atoms with Crippen molar-refractivity contribution in [1.29, 1.82) is 0 Å². The molecule has 0 aromatic rings. The molecule has 0 amide bonds. The van der Waals surface area contributed by atoms with Crippen molar-refractivity contribution in [3.05, 3.63) is 0 Å². The van der Waals surface area contributed by atoms with Crippen LogP contribution < -0.4 is 0 Å². The van der Waals surface area contributed by atoms with Gasteiger partial charge in [0.25, 0.3) is 0 Å². The summed E-state index contributed by atoms with van der Waals surface area (Å²) in [6.07, 6.45) is 0.886. The van der Waals surface area contributed by atoms with Crippen molar-refractivity contribution >= 4 is 11.9 Å². The first kappa shape index (κ1) is 7.38. The maximum absolute atomic E-state index is 9.07. The summed E-state index contributed by atoms with van der Waals surface area (Å²) < 4.78 is 2.23. The lowest BCUT2D eigenvalue weighted by molar-refractivity contribution is 0.190. The van der Waals surface area contributed by atoms with E-state index in [-0.39, 0.29) is 6.10 Å². The second-order valence-corrected chi connectivity index (χ2v) is 3.60. The second kappa shape index (κ2) is 3.44. The van der Waals surface area contributed by atoms with Gasteiger partial charge in [0.05, 0.1) is 6.10 Å². The molecule has 54 valence electrons. The van der Waals surface area contributed by atoms with Crippen LogP contribution in [0, 0.1) is 0 Å². The van der Waals surface area contributed by atoms with Crippen LogP contribution in [0.2, 0.25) is 0 Å². The molecule has 9 heavy (non-hydrogen) atoms. The summed E-state index contributed by atoms with van der Waals surface area (Å²) in [4.78, 5) is 0. The van der Waals surface area contributed by atoms with Gasteiger partial charge in [-0.3, -0.25) is 0 Å². The first-order valence-electron chi connectivity index (χ1n) is 3.39. The summed E-state index contributed by atoms with van der Waals surface area (Å²) in [6, 6.07) is 0. The lowest BCUT2D eigenvalue weighted by atomic mass is 10.3. The zero-order chi connectivity index (χ0) is 6.69. The first-order valence-corrected chi connectivity index (χ1v) is 4.33. The van der Waals surface area contributed by atoms with E-state index in [4.69, 9.17) is 5.11 Å². The van der Waals surface area contributed by atoms with Gasteiger partial charge >= 0.3 is 0 Å². The van der Waals surface area contributed by atoms with Gasteiger partial charge in [-0.05, 0) is 6.42 Å². The van der Waals surface area contributed by atoms with Crippen LogP contribution in [-0.2, 0) is 0 Å². The van der Waals surface area contributed by atoms with Crippen LogP contribution in [0.4, 0.5) is 0 Å². The Hall–Kier alpha value is 0.270. The number of rotatable bonds is 2. The molecule has 1 saturated heterocycles. The zero-order valence-electron chi connectivity index (χ0n) is 5.71. The second-order valence-electron chi connectivity index (χ2n) is 2.25. The number of β-amino-alcohol motifs (C(OH)–C–C–N with tert-alkyl or cyclic N) is 1. The molecule has 1 aliphatic rings. The van der Waals surface area contributed by atoms with E-state index in [1.54, 1.807) is 0 Å². The molecule has 0 aromatic heterocycles. The van der Waals surface area contributed by atoms with Gasteiger partial charge in [0.15, 0.2) is 0 Å². The number of aliphatic hydroxyl groups is 1. The van der Waals surface area contributed by atoms with Gasteiger partial charge in [0.2, 0.25) is 0 Å². The van der Waals surface area contributed by atoms with Crippen LogP contribution in [-0.4, -0.2) is 34.4 Å². The molecule has 1 aliphatic heterocycles. The lowest BCUT2D eigenvalue weighted by Gasteiger charge is -2.10. The first-order chi connectivity index (χ1) is 4.33. The van der Waals surface area contributed by atoms with Crippen LogP contribution in [0.5, 0.6) is 0 Å². The quantitative estimate of drug-likeness (QED) is 0.582. The van der Waals surface area contributed by atoms with E-state index in [1.807, 2.05) is 11.9 Å². The van der Waals surface area contributed by atoms with E-state index in [2.05, 4.69) is 11.2 Å². The molecule has 0 saturated carbocycles. The molecule has 1 fully saturated rings. The van der Waals surface area contributed by atoms with Crippen LogP contribution in [0.1, 0.15) is 13.3 Å². The SMILES string of the molecule is CCSN1CCC(O)C1. The van der Waals surface area contributed by atoms with E-state index in [1.165, 1.54) is 0 Å². The number of hydrogen-bond donors (Lipinski definition) is 1. The summed E-state index contributed by atoms with van der Waals surface area (Å²) >= 11 is 1.82. The summed E-state index contributed by atoms with van der Waals surface area (Å²) in [5.74, 6) is 1.12. The van der Waals surface area contributed by atoms with Crippen molar-refractivity contribution in [2.75, 3.05) is 18.8 Å². The fourth-order valence-corrected chi connectivity index (χ4v) is 1.89. The Labute approximate surface area is 60.4 Å². The molecule has 1 rings (SSSR count). The standard InChI is InChI=1S/C6H13NOS/c1-2-9-7-4-3-6(8)5-7/h6,8H,2-5H2,1H3. The number of aliphatic hydroxyl groups excluding tert-OH is 1. The Morgan fingerprint density at radius 1 is 1.78 bits per heavy atom. The van der Waals surface area contributed by atoms with E-state index in [0.29, 0.717) is 0 Å². The van der Waals surface area contributed by atoms with Crippen LogP contribution in [0.3, 0.4) is 0 Å². The highest BCUT2D eigenvalue weighted by molar-refractivity contribution is 7.96. The third kappa shape index (κ3) is 2.16. The van der Waals surface area contributed by atoms with Gasteiger partial charge in [0.1, 0.15) is 0 Å². The predicted octanol–water partition coefficient (Wildman–Crippen LogP) is 0.721. The average molecular weight is 147 g/mol. The Balaban J connectivity index is 2.14. The Kier molecular flexibility index (Phi) is 2.82. The minimum Gasteiger partial charge on any atom is -0.392 e. The van der Waals surface area contributed by atoms with Gasteiger partial charge in [-0.1, -0.05) is 18.9 Å². The molecule has 2 nitrogen and oxygen atoms in total. The van der Waals surface area contributed by atoms with Gasteiger partial charge in [-0.25, -0.2) is 4.31 Å². The monoisotopic (exact) mass is 147 g/mol. The molecule has 0 aliphatic carbocycles. The van der Waals surface area contributed by atoms with Gasteiger partial charge < -0.3 is 5.11 Å². The van der Waals surface area contributed by atoms with Crippen molar-refractivity contribution < 1.29 is 5.11 Å². The highest BCUT2D eigenvalue weighted by Gasteiger charge is 2.19. The third-order valence-corrected chi connectivity index (χ3v) is 2.39. The van der Waals surface area contributed by atoms with Crippen LogP contribution in [0.15, 0.2) is 0 Å². The highest BCUT2D eigenvalue weighted by Crippen LogP contribution is 2.17.